The topological polar surface area (TPSA) is 105 Å². The second-order valence-corrected chi connectivity index (χ2v) is 7.29. The molecule has 0 saturated carbocycles. The van der Waals surface area contributed by atoms with Gasteiger partial charge in [-0.15, -0.1) is 0 Å². The summed E-state index contributed by atoms with van der Waals surface area (Å²) in [5, 5.41) is 0. The Morgan fingerprint density at radius 2 is 1.87 bits per heavy atom. The van der Waals surface area contributed by atoms with E-state index in [1.165, 1.54) is 40.4 Å². The van der Waals surface area contributed by atoms with Crippen LogP contribution in [-0.4, -0.2) is 32.1 Å². The maximum Gasteiger partial charge on any atom is 0.334 e. The van der Waals surface area contributed by atoms with E-state index in [0.717, 1.165) is 0 Å². The number of benzene rings is 2. The van der Waals surface area contributed by atoms with Gasteiger partial charge in [0, 0.05) is 12.6 Å². The number of rotatable bonds is 4. The van der Waals surface area contributed by atoms with E-state index in [0.29, 0.717) is 21.5 Å². The van der Waals surface area contributed by atoms with Crippen LogP contribution in [-0.2, 0) is 7.05 Å². The van der Waals surface area contributed by atoms with Gasteiger partial charge >= 0.3 is 5.69 Å². The first-order valence-corrected chi connectivity index (χ1v) is 9.50. The number of aryl methyl sites for hydroxylation is 1. The van der Waals surface area contributed by atoms with Gasteiger partial charge in [-0.25, -0.2) is 23.7 Å². The number of carbonyl (C=O) groups excluding carboxylic acids is 1. The minimum absolute atomic E-state index is 0.0950. The Balaban J connectivity index is 2.06. The molecule has 2 aromatic heterocycles. The highest BCUT2D eigenvalue weighted by molar-refractivity contribution is 9.10. The summed E-state index contributed by atoms with van der Waals surface area (Å²) in [5.74, 6) is -0.439. The second kappa shape index (κ2) is 7.38. The molecule has 0 atom stereocenters. The van der Waals surface area contributed by atoms with Crippen LogP contribution in [0.15, 0.2) is 51.7 Å². The number of carbonyl (C=O) groups is 1. The van der Waals surface area contributed by atoms with Gasteiger partial charge in [-0.3, -0.25) is 9.36 Å². The summed E-state index contributed by atoms with van der Waals surface area (Å²) in [7, 11) is 3.03. The number of primary amides is 1. The molecule has 0 spiro atoms. The SMILES string of the molecule is COc1ccc(-c2nc(C(N)=O)c3c(n2)n(-c2ccc(F)cc2)c(=O)n3C)cc1Br. The van der Waals surface area contributed by atoms with Crippen molar-refractivity contribution in [1.29, 1.82) is 0 Å². The number of hydrogen-bond donors (Lipinski definition) is 1. The molecule has 10 heteroatoms. The van der Waals surface area contributed by atoms with Gasteiger partial charge in [-0.05, 0) is 58.4 Å². The molecular weight excluding hydrogens is 457 g/mol. The minimum atomic E-state index is -0.803. The molecule has 0 aliphatic heterocycles. The lowest BCUT2D eigenvalue weighted by Gasteiger charge is -2.08. The van der Waals surface area contributed by atoms with E-state index in [1.54, 1.807) is 25.3 Å². The zero-order valence-electron chi connectivity index (χ0n) is 15.9. The molecule has 30 heavy (non-hydrogen) atoms. The molecule has 0 unspecified atom stereocenters. The van der Waals surface area contributed by atoms with E-state index in [-0.39, 0.29) is 22.7 Å². The average Bonchev–Trinajstić information content (AvgIpc) is 2.98. The summed E-state index contributed by atoms with van der Waals surface area (Å²) < 4.78 is 21.8. The zero-order valence-corrected chi connectivity index (χ0v) is 17.5. The molecule has 152 valence electrons. The van der Waals surface area contributed by atoms with E-state index in [9.17, 15) is 14.0 Å². The molecule has 4 rings (SSSR count). The molecule has 0 saturated heterocycles. The summed E-state index contributed by atoms with van der Waals surface area (Å²) in [5.41, 5.74) is 6.33. The van der Waals surface area contributed by atoms with E-state index in [1.807, 2.05) is 0 Å². The number of nitrogens with two attached hydrogens (primary N) is 1. The summed E-state index contributed by atoms with van der Waals surface area (Å²) in [6.45, 7) is 0. The molecular formula is C20H15BrFN5O3. The molecule has 0 aliphatic carbocycles. The van der Waals surface area contributed by atoms with Crippen LogP contribution < -0.4 is 16.2 Å². The maximum atomic E-state index is 13.4. The normalized spacial score (nSPS) is 11.1. The summed E-state index contributed by atoms with van der Waals surface area (Å²) in [6.07, 6.45) is 0. The highest BCUT2D eigenvalue weighted by Crippen LogP contribution is 2.30. The lowest BCUT2D eigenvalue weighted by molar-refractivity contribution is 0.0997. The summed E-state index contributed by atoms with van der Waals surface area (Å²) in [6, 6.07) is 10.5. The number of fused-ring (bicyclic) bond motifs is 1. The van der Waals surface area contributed by atoms with Gasteiger partial charge in [0.25, 0.3) is 5.91 Å². The smallest absolute Gasteiger partial charge is 0.334 e. The molecule has 2 heterocycles. The van der Waals surface area contributed by atoms with Crippen molar-refractivity contribution in [3.05, 3.63) is 68.9 Å². The van der Waals surface area contributed by atoms with Crippen molar-refractivity contribution >= 4 is 33.0 Å². The fourth-order valence-electron chi connectivity index (χ4n) is 3.17. The highest BCUT2D eigenvalue weighted by atomic mass is 79.9. The van der Waals surface area contributed by atoms with Gasteiger partial charge < -0.3 is 10.5 Å². The molecule has 0 fully saturated rings. The van der Waals surface area contributed by atoms with Crippen molar-refractivity contribution in [2.75, 3.05) is 7.11 Å². The number of amides is 1. The molecule has 0 bridgehead atoms. The molecule has 4 aromatic rings. The first-order chi connectivity index (χ1) is 14.3. The number of imidazole rings is 1. The first kappa shape index (κ1) is 19.8. The standard InChI is InChI=1S/C20H15BrFN5O3/c1-26-16-15(17(23)28)24-18(10-3-8-14(30-2)13(21)9-10)25-19(16)27(20(26)29)12-6-4-11(22)5-7-12/h3-9H,1-2H3,(H2,23,28). The van der Waals surface area contributed by atoms with Gasteiger partial charge in [0.2, 0.25) is 0 Å². The predicted octanol–water partition coefficient (Wildman–Crippen LogP) is 2.80. The number of methoxy groups -OCH3 is 1. The van der Waals surface area contributed by atoms with Crippen LogP contribution >= 0.6 is 15.9 Å². The largest absolute Gasteiger partial charge is 0.496 e. The van der Waals surface area contributed by atoms with Gasteiger partial charge in [0.1, 0.15) is 17.1 Å². The maximum absolute atomic E-state index is 13.4. The Kier molecular flexibility index (Phi) is 4.86. The summed E-state index contributed by atoms with van der Waals surface area (Å²) in [4.78, 5) is 33.9. The van der Waals surface area contributed by atoms with Crippen molar-refractivity contribution in [1.82, 2.24) is 19.1 Å². The second-order valence-electron chi connectivity index (χ2n) is 6.44. The molecule has 0 aliphatic rings. The third-order valence-electron chi connectivity index (χ3n) is 4.62. The Morgan fingerprint density at radius 1 is 1.17 bits per heavy atom. The highest BCUT2D eigenvalue weighted by Gasteiger charge is 2.23. The van der Waals surface area contributed by atoms with E-state index in [4.69, 9.17) is 10.5 Å². The quantitative estimate of drug-likeness (QED) is 0.492. The van der Waals surface area contributed by atoms with E-state index < -0.39 is 17.4 Å². The molecule has 8 nitrogen and oxygen atoms in total. The molecule has 1 amide bonds. The van der Waals surface area contributed by atoms with Crippen LogP contribution in [0.3, 0.4) is 0 Å². The van der Waals surface area contributed by atoms with Gasteiger partial charge in [-0.1, -0.05) is 0 Å². The van der Waals surface area contributed by atoms with Crippen molar-refractivity contribution in [3.8, 4) is 22.8 Å². The lowest BCUT2D eigenvalue weighted by Crippen LogP contribution is -2.21. The number of halogens is 2. The minimum Gasteiger partial charge on any atom is -0.496 e. The van der Waals surface area contributed by atoms with E-state index >= 15 is 0 Å². The van der Waals surface area contributed by atoms with Gasteiger partial charge in [-0.2, -0.15) is 0 Å². The monoisotopic (exact) mass is 471 g/mol. The number of ether oxygens (including phenoxy) is 1. The van der Waals surface area contributed by atoms with Crippen LogP contribution in [0.5, 0.6) is 5.75 Å². The molecule has 0 radical (unpaired) electrons. The lowest BCUT2D eigenvalue weighted by atomic mass is 10.2. The molecule has 2 N–H and O–H groups in total. The number of hydrogen-bond acceptors (Lipinski definition) is 5. The van der Waals surface area contributed by atoms with Crippen LogP contribution in [0, 0.1) is 5.82 Å². The van der Waals surface area contributed by atoms with Gasteiger partial charge in [0.05, 0.1) is 17.3 Å². The Labute approximate surface area is 177 Å². The van der Waals surface area contributed by atoms with Crippen molar-refractivity contribution in [2.24, 2.45) is 12.8 Å². The fourth-order valence-corrected chi connectivity index (χ4v) is 3.71. The number of nitrogens with zero attached hydrogens (tertiary/aromatic N) is 4. The Morgan fingerprint density at radius 3 is 2.47 bits per heavy atom. The average molecular weight is 472 g/mol. The van der Waals surface area contributed by atoms with Crippen molar-refractivity contribution in [2.45, 2.75) is 0 Å². The fraction of sp³-hybridized carbons (Fsp3) is 0.100. The van der Waals surface area contributed by atoms with Gasteiger partial charge in [0.15, 0.2) is 17.2 Å². The zero-order chi connectivity index (χ0) is 21.6. The predicted molar refractivity (Wildman–Crippen MR) is 112 cm³/mol. The Hall–Kier alpha value is -3.53. The van der Waals surface area contributed by atoms with Crippen LogP contribution in [0.1, 0.15) is 10.5 Å². The van der Waals surface area contributed by atoms with Crippen LogP contribution in [0.2, 0.25) is 0 Å². The third kappa shape index (κ3) is 3.14. The Bertz CT molecular complexity index is 1360. The summed E-state index contributed by atoms with van der Waals surface area (Å²) >= 11 is 3.41. The number of aromatic nitrogens is 4. The van der Waals surface area contributed by atoms with Crippen molar-refractivity contribution < 1.29 is 13.9 Å². The first-order valence-electron chi connectivity index (χ1n) is 8.71. The van der Waals surface area contributed by atoms with E-state index in [2.05, 4.69) is 25.9 Å². The van der Waals surface area contributed by atoms with Crippen LogP contribution in [0.25, 0.3) is 28.2 Å². The van der Waals surface area contributed by atoms with Crippen molar-refractivity contribution in [3.63, 3.8) is 0 Å². The third-order valence-corrected chi connectivity index (χ3v) is 5.24. The molecule has 2 aromatic carbocycles. The van der Waals surface area contributed by atoms with Crippen LogP contribution in [0.4, 0.5) is 4.39 Å².